The Bertz CT molecular complexity index is 626. The maximum atomic E-state index is 12.5. The largest absolute Gasteiger partial charge is 0.465 e. The zero-order chi connectivity index (χ0) is 23.1. The molecule has 0 aliphatic carbocycles. The Morgan fingerprint density at radius 3 is 1.77 bits per heavy atom. The van der Waals surface area contributed by atoms with Crippen LogP contribution in [0.3, 0.4) is 0 Å². The molecule has 0 heterocycles. The van der Waals surface area contributed by atoms with Crippen LogP contribution in [0.4, 0.5) is 5.69 Å². The minimum absolute atomic E-state index is 0.234. The van der Waals surface area contributed by atoms with E-state index in [0.717, 1.165) is 29.7 Å². The van der Waals surface area contributed by atoms with Crippen molar-refractivity contribution in [2.75, 3.05) is 11.9 Å². The number of esters is 1. The number of carbonyl (C=O) groups is 2. The molecule has 0 aliphatic rings. The van der Waals surface area contributed by atoms with E-state index in [0.29, 0.717) is 6.61 Å². The zero-order valence-electron chi connectivity index (χ0n) is 20.6. The first-order valence-corrected chi connectivity index (χ1v) is 12.4. The lowest BCUT2D eigenvalue weighted by molar-refractivity contribution is -0.145. The molecule has 0 radical (unpaired) electrons. The normalized spacial score (nSPS) is 11.2. The Labute approximate surface area is 190 Å². The summed E-state index contributed by atoms with van der Waals surface area (Å²) in [6.45, 7) is 11.1. The van der Waals surface area contributed by atoms with E-state index in [9.17, 15) is 9.59 Å². The van der Waals surface area contributed by atoms with Crippen LogP contribution >= 0.6 is 0 Å². The van der Waals surface area contributed by atoms with Crippen LogP contribution < -0.4 is 5.32 Å². The number of hydrogen-bond acceptors (Lipinski definition) is 3. The van der Waals surface area contributed by atoms with E-state index in [1.807, 2.05) is 18.2 Å². The SMILES string of the molecule is CCCCCCCCCCCCOC(=O)CC(=O)Nc1c(C(C)C)cccc1C(C)C. The van der Waals surface area contributed by atoms with Crippen LogP contribution in [0, 0.1) is 0 Å². The third kappa shape index (κ3) is 11.4. The van der Waals surface area contributed by atoms with Crippen LogP contribution in [0.25, 0.3) is 0 Å². The first-order chi connectivity index (χ1) is 14.9. The van der Waals surface area contributed by atoms with Crippen molar-refractivity contribution in [3.05, 3.63) is 29.3 Å². The zero-order valence-corrected chi connectivity index (χ0v) is 20.6. The molecule has 4 heteroatoms. The summed E-state index contributed by atoms with van der Waals surface area (Å²) in [5.74, 6) is -0.167. The van der Waals surface area contributed by atoms with Crippen molar-refractivity contribution in [2.24, 2.45) is 0 Å². The smallest absolute Gasteiger partial charge is 0.315 e. The average molecular weight is 432 g/mol. The topological polar surface area (TPSA) is 55.4 Å². The van der Waals surface area contributed by atoms with E-state index in [2.05, 4.69) is 39.9 Å². The quantitative estimate of drug-likeness (QED) is 0.165. The summed E-state index contributed by atoms with van der Waals surface area (Å²) >= 11 is 0. The Morgan fingerprint density at radius 2 is 1.29 bits per heavy atom. The lowest BCUT2D eigenvalue weighted by atomic mass is 9.92. The number of unbranched alkanes of at least 4 members (excludes halogenated alkanes) is 9. The predicted octanol–water partition coefficient (Wildman–Crippen LogP) is 7.73. The highest BCUT2D eigenvalue weighted by atomic mass is 16.5. The van der Waals surface area contributed by atoms with Gasteiger partial charge in [-0.1, -0.05) is 111 Å². The second-order valence-corrected chi connectivity index (χ2v) is 9.25. The Kier molecular flexibility index (Phi) is 13.9. The summed E-state index contributed by atoms with van der Waals surface area (Å²) < 4.78 is 5.28. The summed E-state index contributed by atoms with van der Waals surface area (Å²) in [6, 6.07) is 6.10. The number of anilines is 1. The fourth-order valence-corrected chi connectivity index (χ4v) is 3.84. The van der Waals surface area contributed by atoms with E-state index >= 15 is 0 Å². The number of rotatable bonds is 16. The van der Waals surface area contributed by atoms with Gasteiger partial charge in [0.2, 0.25) is 5.91 Å². The molecule has 0 saturated heterocycles. The number of hydrogen-bond donors (Lipinski definition) is 1. The average Bonchev–Trinajstić information content (AvgIpc) is 2.71. The number of ether oxygens (including phenoxy) is 1. The van der Waals surface area contributed by atoms with Gasteiger partial charge in [-0.2, -0.15) is 0 Å². The van der Waals surface area contributed by atoms with Crippen molar-refractivity contribution in [1.29, 1.82) is 0 Å². The van der Waals surface area contributed by atoms with Gasteiger partial charge < -0.3 is 10.1 Å². The first kappa shape index (κ1) is 27.2. The van der Waals surface area contributed by atoms with Gasteiger partial charge in [0.1, 0.15) is 6.42 Å². The van der Waals surface area contributed by atoms with Crippen LogP contribution in [-0.2, 0) is 14.3 Å². The van der Waals surface area contributed by atoms with Crippen molar-refractivity contribution >= 4 is 17.6 Å². The van der Waals surface area contributed by atoms with Gasteiger partial charge in [0.05, 0.1) is 6.61 Å². The van der Waals surface area contributed by atoms with Crippen LogP contribution in [-0.4, -0.2) is 18.5 Å². The molecule has 0 atom stereocenters. The molecule has 1 rings (SSSR count). The molecule has 0 aliphatic heterocycles. The molecule has 1 aromatic rings. The van der Waals surface area contributed by atoms with E-state index in [1.54, 1.807) is 0 Å². The molecule has 0 unspecified atom stereocenters. The predicted molar refractivity (Wildman–Crippen MR) is 131 cm³/mol. The molecule has 0 spiro atoms. The highest BCUT2D eigenvalue weighted by Gasteiger charge is 2.18. The standard InChI is InChI=1S/C27H45NO3/c1-6-7-8-9-10-11-12-13-14-15-19-31-26(30)20-25(29)28-27-23(21(2)3)17-16-18-24(27)22(4)5/h16-18,21-22H,6-15,19-20H2,1-5H3,(H,28,29). The highest BCUT2D eigenvalue weighted by molar-refractivity contribution is 6.02. The minimum Gasteiger partial charge on any atom is -0.465 e. The van der Waals surface area contributed by atoms with Gasteiger partial charge in [-0.3, -0.25) is 9.59 Å². The lowest BCUT2D eigenvalue weighted by Gasteiger charge is -2.20. The number of benzene rings is 1. The van der Waals surface area contributed by atoms with Crippen LogP contribution in [0.1, 0.15) is 128 Å². The highest BCUT2D eigenvalue weighted by Crippen LogP contribution is 2.32. The van der Waals surface area contributed by atoms with E-state index in [-0.39, 0.29) is 24.2 Å². The minimum atomic E-state index is -0.443. The molecular formula is C27H45NO3. The summed E-state index contributed by atoms with van der Waals surface area (Å²) in [4.78, 5) is 24.5. The first-order valence-electron chi connectivity index (χ1n) is 12.4. The second-order valence-electron chi connectivity index (χ2n) is 9.25. The summed E-state index contributed by atoms with van der Waals surface area (Å²) in [5.41, 5.74) is 3.04. The fourth-order valence-electron chi connectivity index (χ4n) is 3.84. The van der Waals surface area contributed by atoms with Crippen LogP contribution in [0.15, 0.2) is 18.2 Å². The maximum Gasteiger partial charge on any atom is 0.315 e. The van der Waals surface area contributed by atoms with Gasteiger partial charge in [-0.25, -0.2) is 0 Å². The van der Waals surface area contributed by atoms with Gasteiger partial charge in [0.15, 0.2) is 0 Å². The molecule has 0 saturated carbocycles. The third-order valence-corrected chi connectivity index (χ3v) is 5.70. The molecule has 31 heavy (non-hydrogen) atoms. The van der Waals surface area contributed by atoms with Gasteiger partial charge in [0.25, 0.3) is 0 Å². The van der Waals surface area contributed by atoms with E-state index in [4.69, 9.17) is 4.74 Å². The Hall–Kier alpha value is -1.84. The fraction of sp³-hybridized carbons (Fsp3) is 0.704. The van der Waals surface area contributed by atoms with E-state index in [1.165, 1.54) is 51.4 Å². The maximum absolute atomic E-state index is 12.5. The number of amides is 1. The molecule has 1 N–H and O–H groups in total. The molecule has 176 valence electrons. The summed E-state index contributed by atoms with van der Waals surface area (Å²) in [7, 11) is 0. The summed E-state index contributed by atoms with van der Waals surface area (Å²) in [6.07, 6.45) is 12.2. The van der Waals surface area contributed by atoms with Crippen molar-refractivity contribution in [2.45, 2.75) is 117 Å². The van der Waals surface area contributed by atoms with Gasteiger partial charge in [-0.05, 0) is 29.4 Å². The van der Waals surface area contributed by atoms with Crippen LogP contribution in [0.2, 0.25) is 0 Å². The number of nitrogens with one attached hydrogen (secondary N) is 1. The van der Waals surface area contributed by atoms with Crippen molar-refractivity contribution in [3.8, 4) is 0 Å². The van der Waals surface area contributed by atoms with Crippen molar-refractivity contribution in [3.63, 3.8) is 0 Å². The van der Waals surface area contributed by atoms with Gasteiger partial charge in [-0.15, -0.1) is 0 Å². The molecule has 1 amide bonds. The number of para-hydroxylation sites is 1. The second kappa shape index (κ2) is 15.9. The molecular weight excluding hydrogens is 386 g/mol. The Balaban J connectivity index is 2.28. The van der Waals surface area contributed by atoms with Gasteiger partial charge >= 0.3 is 5.97 Å². The lowest BCUT2D eigenvalue weighted by Crippen LogP contribution is -2.20. The van der Waals surface area contributed by atoms with Gasteiger partial charge in [0, 0.05) is 5.69 Å². The van der Waals surface area contributed by atoms with E-state index < -0.39 is 5.97 Å². The van der Waals surface area contributed by atoms with Crippen molar-refractivity contribution in [1.82, 2.24) is 0 Å². The van der Waals surface area contributed by atoms with Crippen molar-refractivity contribution < 1.29 is 14.3 Å². The molecule has 4 nitrogen and oxygen atoms in total. The number of carbonyl (C=O) groups excluding carboxylic acids is 2. The molecule has 0 fully saturated rings. The monoisotopic (exact) mass is 431 g/mol. The summed E-state index contributed by atoms with van der Waals surface area (Å²) in [5, 5.41) is 2.98. The third-order valence-electron chi connectivity index (χ3n) is 5.70. The molecule has 1 aromatic carbocycles. The van der Waals surface area contributed by atoms with Crippen LogP contribution in [0.5, 0.6) is 0 Å². The Morgan fingerprint density at radius 1 is 0.806 bits per heavy atom. The molecule has 0 bridgehead atoms. The molecule has 0 aromatic heterocycles.